The second kappa shape index (κ2) is 7.66. The Hall–Kier alpha value is -2.39. The Bertz CT molecular complexity index is 847. The van der Waals surface area contributed by atoms with Gasteiger partial charge < -0.3 is 5.32 Å². The van der Waals surface area contributed by atoms with Gasteiger partial charge in [0, 0.05) is 5.69 Å². The SMILES string of the molecule is CC(Sc1nc2c(cc1C#N)CCCC2)C(=O)Nc1ccccc1F. The average molecular weight is 355 g/mol. The molecule has 1 aliphatic carbocycles. The lowest BCUT2D eigenvalue weighted by Crippen LogP contribution is -2.23. The molecule has 1 heterocycles. The van der Waals surface area contributed by atoms with Crippen molar-refractivity contribution in [2.75, 3.05) is 5.32 Å². The molecule has 4 nitrogen and oxygen atoms in total. The Balaban J connectivity index is 1.76. The van der Waals surface area contributed by atoms with Gasteiger partial charge in [-0.3, -0.25) is 4.79 Å². The van der Waals surface area contributed by atoms with Gasteiger partial charge in [0.1, 0.15) is 16.9 Å². The van der Waals surface area contributed by atoms with Gasteiger partial charge in [0.25, 0.3) is 0 Å². The largest absolute Gasteiger partial charge is 0.323 e. The minimum Gasteiger partial charge on any atom is -0.323 e. The van der Waals surface area contributed by atoms with E-state index in [0.717, 1.165) is 36.9 Å². The van der Waals surface area contributed by atoms with Crippen LogP contribution in [0, 0.1) is 17.1 Å². The van der Waals surface area contributed by atoms with Crippen LogP contribution < -0.4 is 5.32 Å². The minimum absolute atomic E-state index is 0.152. The first kappa shape index (κ1) is 17.4. The fourth-order valence-electron chi connectivity index (χ4n) is 2.80. The van der Waals surface area contributed by atoms with Gasteiger partial charge >= 0.3 is 0 Å². The van der Waals surface area contributed by atoms with Crippen molar-refractivity contribution in [2.45, 2.75) is 42.9 Å². The summed E-state index contributed by atoms with van der Waals surface area (Å²) in [7, 11) is 0. The predicted octanol–water partition coefficient (Wildman–Crippen LogP) is 4.09. The van der Waals surface area contributed by atoms with Crippen molar-refractivity contribution in [3.05, 3.63) is 53.0 Å². The van der Waals surface area contributed by atoms with Gasteiger partial charge in [-0.05, 0) is 56.4 Å². The highest BCUT2D eigenvalue weighted by atomic mass is 32.2. The number of para-hydroxylation sites is 1. The number of benzene rings is 1. The second-order valence-corrected chi connectivity index (χ2v) is 7.32. The molecule has 0 saturated heterocycles. The molecule has 1 amide bonds. The van der Waals surface area contributed by atoms with Gasteiger partial charge in [0.15, 0.2) is 0 Å². The van der Waals surface area contributed by atoms with E-state index in [2.05, 4.69) is 16.4 Å². The van der Waals surface area contributed by atoms with E-state index in [4.69, 9.17) is 0 Å². The molecule has 1 aromatic carbocycles. The maximum Gasteiger partial charge on any atom is 0.237 e. The number of amides is 1. The normalized spacial score (nSPS) is 14.3. The Labute approximate surface area is 150 Å². The van der Waals surface area contributed by atoms with Crippen LogP contribution in [0.15, 0.2) is 35.4 Å². The zero-order valence-corrected chi connectivity index (χ0v) is 14.7. The van der Waals surface area contributed by atoms with E-state index < -0.39 is 11.1 Å². The molecule has 0 aliphatic heterocycles. The number of hydrogen-bond acceptors (Lipinski definition) is 4. The van der Waals surface area contributed by atoms with Gasteiger partial charge in [-0.1, -0.05) is 23.9 Å². The molecule has 6 heteroatoms. The molecule has 128 valence electrons. The molecule has 0 bridgehead atoms. The Kier molecular flexibility index (Phi) is 5.34. The third-order valence-electron chi connectivity index (χ3n) is 4.18. The summed E-state index contributed by atoms with van der Waals surface area (Å²) in [5.74, 6) is -0.795. The highest BCUT2D eigenvalue weighted by molar-refractivity contribution is 8.00. The smallest absolute Gasteiger partial charge is 0.237 e. The number of aromatic nitrogens is 1. The molecule has 0 fully saturated rings. The summed E-state index contributed by atoms with van der Waals surface area (Å²) in [6, 6.07) is 10.1. The Morgan fingerprint density at radius 1 is 1.36 bits per heavy atom. The quantitative estimate of drug-likeness (QED) is 0.839. The van der Waals surface area contributed by atoms with E-state index in [-0.39, 0.29) is 11.6 Å². The fourth-order valence-corrected chi connectivity index (χ4v) is 3.70. The fraction of sp³-hybridized carbons (Fsp3) is 0.316. The van der Waals surface area contributed by atoms with Crippen LogP contribution in [-0.4, -0.2) is 16.1 Å². The van der Waals surface area contributed by atoms with Crippen LogP contribution in [0.25, 0.3) is 0 Å². The van der Waals surface area contributed by atoms with E-state index in [1.807, 2.05) is 6.07 Å². The zero-order valence-electron chi connectivity index (χ0n) is 13.9. The molecule has 1 unspecified atom stereocenters. The summed E-state index contributed by atoms with van der Waals surface area (Å²) in [5.41, 5.74) is 2.81. The summed E-state index contributed by atoms with van der Waals surface area (Å²) in [5, 5.41) is 12.0. The van der Waals surface area contributed by atoms with Gasteiger partial charge in [-0.15, -0.1) is 0 Å². The van der Waals surface area contributed by atoms with Gasteiger partial charge in [-0.25, -0.2) is 9.37 Å². The lowest BCUT2D eigenvalue weighted by Gasteiger charge is -2.18. The molecular formula is C19H18FN3OS. The van der Waals surface area contributed by atoms with Gasteiger partial charge in [0.2, 0.25) is 5.91 Å². The first-order valence-corrected chi connectivity index (χ1v) is 9.11. The average Bonchev–Trinajstić information content (AvgIpc) is 2.63. The highest BCUT2D eigenvalue weighted by Crippen LogP contribution is 2.30. The number of rotatable bonds is 4. The maximum absolute atomic E-state index is 13.7. The van der Waals surface area contributed by atoms with E-state index >= 15 is 0 Å². The maximum atomic E-state index is 13.7. The number of thioether (sulfide) groups is 1. The summed E-state index contributed by atoms with van der Waals surface area (Å²) in [4.78, 5) is 17.0. The van der Waals surface area contributed by atoms with Crippen molar-refractivity contribution in [3.8, 4) is 6.07 Å². The summed E-state index contributed by atoms with van der Waals surface area (Å²) in [6.45, 7) is 1.73. The molecule has 0 radical (unpaired) electrons. The second-order valence-electron chi connectivity index (χ2n) is 5.99. The van der Waals surface area contributed by atoms with Crippen molar-refractivity contribution in [1.82, 2.24) is 4.98 Å². The number of carbonyl (C=O) groups is 1. The Morgan fingerprint density at radius 2 is 2.12 bits per heavy atom. The van der Waals surface area contributed by atoms with Crippen molar-refractivity contribution >= 4 is 23.4 Å². The van der Waals surface area contributed by atoms with Crippen molar-refractivity contribution in [1.29, 1.82) is 5.26 Å². The molecule has 1 atom stereocenters. The van der Waals surface area contributed by atoms with E-state index in [0.29, 0.717) is 10.6 Å². The summed E-state index contributed by atoms with van der Waals surface area (Å²) in [6.07, 6.45) is 4.07. The standard InChI is InChI=1S/C19H18FN3OS/c1-12(18(24)22-17-9-5-3-7-15(17)20)25-19-14(11-21)10-13-6-2-4-8-16(13)23-19/h3,5,7,9-10,12H,2,4,6,8H2,1H3,(H,22,24). The van der Waals surface area contributed by atoms with Crippen LogP contribution in [0.1, 0.15) is 36.6 Å². The zero-order chi connectivity index (χ0) is 17.8. The summed E-state index contributed by atoms with van der Waals surface area (Å²) < 4.78 is 13.7. The molecule has 1 N–H and O–H groups in total. The topological polar surface area (TPSA) is 65.8 Å². The first-order chi connectivity index (χ1) is 12.1. The number of fused-ring (bicyclic) bond motifs is 1. The molecular weight excluding hydrogens is 337 g/mol. The first-order valence-electron chi connectivity index (χ1n) is 8.23. The number of hydrogen-bond donors (Lipinski definition) is 1. The van der Waals surface area contributed by atoms with Crippen LogP contribution in [0.3, 0.4) is 0 Å². The number of nitrogens with zero attached hydrogens (tertiary/aromatic N) is 2. The molecule has 1 aliphatic rings. The van der Waals surface area contributed by atoms with Crippen LogP contribution in [0.5, 0.6) is 0 Å². The van der Waals surface area contributed by atoms with Crippen LogP contribution in [-0.2, 0) is 17.6 Å². The van der Waals surface area contributed by atoms with Crippen molar-refractivity contribution in [2.24, 2.45) is 0 Å². The van der Waals surface area contributed by atoms with Crippen molar-refractivity contribution < 1.29 is 9.18 Å². The van der Waals surface area contributed by atoms with Crippen LogP contribution >= 0.6 is 11.8 Å². The molecule has 2 aromatic rings. The highest BCUT2D eigenvalue weighted by Gasteiger charge is 2.21. The molecule has 1 aromatic heterocycles. The number of nitrogens with one attached hydrogen (secondary N) is 1. The predicted molar refractivity (Wildman–Crippen MR) is 95.9 cm³/mol. The number of halogens is 1. The number of nitriles is 1. The lowest BCUT2D eigenvalue weighted by atomic mass is 9.95. The minimum atomic E-state index is -0.499. The van der Waals surface area contributed by atoms with E-state index in [1.165, 1.54) is 23.9 Å². The van der Waals surface area contributed by atoms with Crippen molar-refractivity contribution in [3.63, 3.8) is 0 Å². The van der Waals surface area contributed by atoms with E-state index in [9.17, 15) is 14.4 Å². The van der Waals surface area contributed by atoms with Gasteiger partial charge in [0.05, 0.1) is 16.5 Å². The summed E-state index contributed by atoms with van der Waals surface area (Å²) >= 11 is 1.23. The number of anilines is 1. The lowest BCUT2D eigenvalue weighted by molar-refractivity contribution is -0.115. The van der Waals surface area contributed by atoms with Crippen LogP contribution in [0.2, 0.25) is 0 Å². The number of pyridine rings is 1. The van der Waals surface area contributed by atoms with Crippen LogP contribution in [0.4, 0.5) is 10.1 Å². The molecule has 25 heavy (non-hydrogen) atoms. The monoisotopic (exact) mass is 355 g/mol. The Morgan fingerprint density at radius 3 is 2.88 bits per heavy atom. The third kappa shape index (κ3) is 3.99. The molecule has 0 spiro atoms. The molecule has 3 rings (SSSR count). The third-order valence-corrected chi connectivity index (χ3v) is 5.28. The van der Waals surface area contributed by atoms with Gasteiger partial charge in [-0.2, -0.15) is 5.26 Å². The molecule has 0 saturated carbocycles. The number of aryl methyl sites for hydroxylation is 2. The van der Waals surface area contributed by atoms with E-state index in [1.54, 1.807) is 19.1 Å². The number of carbonyl (C=O) groups excluding carboxylic acids is 1.